The first-order valence-electron chi connectivity index (χ1n) is 14.1. The number of aliphatic imine (C=N–C) groups is 1. The van der Waals surface area contributed by atoms with Crippen molar-refractivity contribution in [1.29, 1.82) is 0 Å². The first-order chi connectivity index (χ1) is 21.4. The first-order valence-corrected chi connectivity index (χ1v) is 14.1. The van der Waals surface area contributed by atoms with Gasteiger partial charge in [0, 0.05) is 17.5 Å². The summed E-state index contributed by atoms with van der Waals surface area (Å²) in [6.45, 7) is 3.76. The van der Waals surface area contributed by atoms with E-state index in [-0.39, 0.29) is 17.4 Å². The lowest BCUT2D eigenvalue weighted by molar-refractivity contribution is -0.0109. The van der Waals surface area contributed by atoms with E-state index < -0.39 is 0 Å². The lowest BCUT2D eigenvalue weighted by Crippen LogP contribution is -2.25. The molecule has 9 nitrogen and oxygen atoms in total. The fraction of sp³-hybridized carbons (Fsp3) is 0.147. The van der Waals surface area contributed by atoms with Crippen LogP contribution in [0.4, 0.5) is 10.1 Å². The van der Waals surface area contributed by atoms with Gasteiger partial charge in [0.15, 0.2) is 5.58 Å². The third-order valence-electron chi connectivity index (χ3n) is 7.49. The van der Waals surface area contributed by atoms with Crippen LogP contribution in [0.2, 0.25) is 0 Å². The van der Waals surface area contributed by atoms with Crippen molar-refractivity contribution < 1.29 is 19.0 Å². The maximum absolute atomic E-state index is 13.8. The van der Waals surface area contributed by atoms with E-state index in [9.17, 15) is 14.4 Å². The quantitative estimate of drug-likeness (QED) is 0.123. The van der Waals surface area contributed by atoms with Crippen molar-refractivity contribution in [1.82, 2.24) is 9.75 Å². The molecule has 1 aliphatic rings. The Kier molecular flexibility index (Phi) is 7.93. The van der Waals surface area contributed by atoms with Crippen molar-refractivity contribution in [2.45, 2.75) is 26.3 Å². The fourth-order valence-electron chi connectivity index (χ4n) is 5.29. The third-order valence-corrected chi connectivity index (χ3v) is 7.49. The van der Waals surface area contributed by atoms with Gasteiger partial charge in [-0.3, -0.25) is 14.8 Å². The average Bonchev–Trinajstić information content (AvgIpc) is 3.66. The van der Waals surface area contributed by atoms with Crippen LogP contribution in [0.5, 0.6) is 0 Å². The second kappa shape index (κ2) is 12.1. The molecule has 0 saturated carbocycles. The smallest absolute Gasteiger partial charge is 0.295 e. The van der Waals surface area contributed by atoms with Gasteiger partial charge >= 0.3 is 0 Å². The Balaban J connectivity index is 1.36. The molecule has 0 bridgehead atoms. The number of hydrogen-bond donors (Lipinski definition) is 1. The zero-order valence-electron chi connectivity index (χ0n) is 24.4. The van der Waals surface area contributed by atoms with Crippen molar-refractivity contribution in [3.05, 3.63) is 136 Å². The monoisotopic (exact) mass is 591 g/mol. The van der Waals surface area contributed by atoms with E-state index in [1.807, 2.05) is 67.4 Å². The molecule has 5 aromatic rings. The zero-order chi connectivity index (χ0) is 30.8. The predicted molar refractivity (Wildman–Crippen MR) is 168 cm³/mol. The van der Waals surface area contributed by atoms with Gasteiger partial charge in [0.05, 0.1) is 41.3 Å². The summed E-state index contributed by atoms with van der Waals surface area (Å²) >= 11 is 0. The Bertz CT molecular complexity index is 1980. The van der Waals surface area contributed by atoms with E-state index in [0.29, 0.717) is 45.5 Å². The summed E-state index contributed by atoms with van der Waals surface area (Å²) in [7, 11) is 1.37. The van der Waals surface area contributed by atoms with Crippen LogP contribution in [0.15, 0.2) is 123 Å². The summed E-state index contributed by atoms with van der Waals surface area (Å²) in [6.07, 6.45) is 2.41. The van der Waals surface area contributed by atoms with E-state index in [1.165, 1.54) is 24.0 Å². The molecule has 6 rings (SSSR count). The molecule has 1 N–H and O–H groups in total. The average molecular weight is 592 g/mol. The van der Waals surface area contributed by atoms with Gasteiger partial charge in [-0.2, -0.15) is 5.10 Å². The van der Waals surface area contributed by atoms with Crippen LogP contribution < -0.4 is 10.8 Å². The minimum absolute atomic E-state index is 0.237. The second-order valence-electron chi connectivity index (χ2n) is 10.2. The highest BCUT2D eigenvalue weighted by atomic mass is 19.1. The van der Waals surface area contributed by atoms with Crippen molar-refractivity contribution in [2.75, 3.05) is 12.3 Å². The number of nitrogens with zero attached hydrogens (tertiary/aromatic N) is 5. The Morgan fingerprint density at radius 1 is 1.07 bits per heavy atom. The molecule has 0 fully saturated rings. The molecule has 1 aliphatic heterocycles. The van der Waals surface area contributed by atoms with Crippen molar-refractivity contribution >= 4 is 33.9 Å². The Morgan fingerprint density at radius 3 is 2.59 bits per heavy atom. The lowest BCUT2D eigenvalue weighted by atomic mass is 9.98. The highest BCUT2D eigenvalue weighted by molar-refractivity contribution is 6.04. The maximum Gasteiger partial charge on any atom is 0.295 e. The number of hydrazone groups is 1. The van der Waals surface area contributed by atoms with Gasteiger partial charge < -0.3 is 4.52 Å². The third kappa shape index (κ3) is 5.56. The minimum Gasteiger partial charge on any atom is -0.371 e. The molecule has 1 atom stereocenters. The highest BCUT2D eigenvalue weighted by Gasteiger charge is 2.31. The van der Waals surface area contributed by atoms with Crippen LogP contribution in [-0.2, 0) is 4.84 Å². The van der Waals surface area contributed by atoms with Crippen LogP contribution in [0, 0.1) is 5.82 Å². The highest BCUT2D eigenvalue weighted by Crippen LogP contribution is 2.34. The number of allylic oxidation sites excluding steroid dienone is 1. The molecule has 0 spiro atoms. The zero-order valence-corrected chi connectivity index (χ0v) is 24.4. The number of hydrogen-bond acceptors (Lipinski definition) is 7. The number of rotatable bonds is 7. The summed E-state index contributed by atoms with van der Waals surface area (Å²) in [5, 5.41) is 18.0. The molecule has 2 heterocycles. The molecule has 10 heteroatoms. The van der Waals surface area contributed by atoms with Crippen molar-refractivity contribution in [3.63, 3.8) is 0 Å². The van der Waals surface area contributed by atoms with Gasteiger partial charge in [-0.15, -0.1) is 9.97 Å². The molecule has 1 aromatic heterocycles. The molecule has 0 aliphatic carbocycles. The molecule has 0 saturated heterocycles. The molecular formula is C34H30FN5O4. The largest absolute Gasteiger partial charge is 0.371 e. The van der Waals surface area contributed by atoms with Gasteiger partial charge in [0.2, 0.25) is 0 Å². The van der Waals surface area contributed by atoms with Crippen molar-refractivity contribution in [3.8, 4) is 5.69 Å². The van der Waals surface area contributed by atoms with Gasteiger partial charge in [-0.25, -0.2) is 14.4 Å². The topological polar surface area (TPSA) is 95.8 Å². The second-order valence-corrected chi connectivity index (χ2v) is 10.2. The van der Waals surface area contributed by atoms with Crippen LogP contribution in [-0.4, -0.2) is 33.6 Å². The van der Waals surface area contributed by atoms with Gasteiger partial charge in [0.25, 0.3) is 5.56 Å². The predicted octanol–water partition coefficient (Wildman–Crippen LogP) is 7.11. The van der Waals surface area contributed by atoms with Gasteiger partial charge in [-0.05, 0) is 67.9 Å². The summed E-state index contributed by atoms with van der Waals surface area (Å²) in [5.74, 6) is 0.297. The van der Waals surface area contributed by atoms with Crippen LogP contribution in [0.3, 0.4) is 0 Å². The number of anilines is 1. The number of aromatic nitrogens is 1. The Morgan fingerprint density at radius 2 is 1.84 bits per heavy atom. The van der Waals surface area contributed by atoms with E-state index in [1.54, 1.807) is 42.5 Å². The van der Waals surface area contributed by atoms with Crippen LogP contribution >= 0.6 is 0 Å². The van der Waals surface area contributed by atoms with E-state index in [4.69, 9.17) is 19.5 Å². The molecule has 222 valence electrons. The molecule has 44 heavy (non-hydrogen) atoms. The standard InChI is InChI=1S/C34H30FN5O4/c1-4-30(24-9-7-11-27(19-24)39-34(41)29-13-5-6-14-33(29)44-39)36-22(2)38-32(23-15-17-26(35)18-16-23)21-31(37-38)25-10-8-12-28(20-25)40(42)43-3/h4-20,32,42H,21H2,1-3H3/b30-4-,36-22?. The van der Waals surface area contributed by atoms with Gasteiger partial charge in [-0.1, -0.05) is 54.6 Å². The Labute approximate surface area is 252 Å². The molecule has 4 aromatic carbocycles. The summed E-state index contributed by atoms with van der Waals surface area (Å²) < 4.78 is 21.0. The lowest BCUT2D eigenvalue weighted by Gasteiger charge is -2.24. The SMILES string of the molecule is C/C=C(\N=C(C)N1N=C(c2cccc(N(O)OC)c2)CC1c1ccc(F)cc1)c1cccc(-n2oc3ccccc3c2=O)c1. The van der Waals surface area contributed by atoms with Gasteiger partial charge in [0.1, 0.15) is 11.7 Å². The molecular weight excluding hydrogens is 561 g/mol. The maximum atomic E-state index is 13.8. The number of halogens is 1. The molecule has 0 radical (unpaired) electrons. The van der Waals surface area contributed by atoms with Crippen LogP contribution in [0.1, 0.15) is 43.0 Å². The first kappa shape index (κ1) is 28.8. The number of amidine groups is 1. The Hall–Kier alpha value is -5.32. The van der Waals surface area contributed by atoms with E-state index in [0.717, 1.165) is 22.4 Å². The fourth-order valence-corrected chi connectivity index (χ4v) is 5.29. The van der Waals surface area contributed by atoms with E-state index in [2.05, 4.69) is 0 Å². The minimum atomic E-state index is -0.320. The van der Waals surface area contributed by atoms with Crippen molar-refractivity contribution in [2.24, 2.45) is 10.1 Å². The number of benzene rings is 4. The molecule has 1 unspecified atom stereocenters. The summed E-state index contributed by atoms with van der Waals surface area (Å²) in [4.78, 5) is 22.9. The molecule has 0 amide bonds. The normalized spacial score (nSPS) is 15.6. The summed E-state index contributed by atoms with van der Waals surface area (Å²) in [5.41, 5.74) is 5.22. The summed E-state index contributed by atoms with van der Waals surface area (Å²) in [6, 6.07) is 27.9. The van der Waals surface area contributed by atoms with Crippen LogP contribution in [0.25, 0.3) is 22.4 Å². The number of fused-ring (bicyclic) bond motifs is 1. The van der Waals surface area contributed by atoms with E-state index >= 15 is 0 Å². The number of para-hydroxylation sites is 1.